The lowest BCUT2D eigenvalue weighted by molar-refractivity contribution is -0.302. The number of allylic oxidation sites excluding steroid dienone is 11. The van der Waals surface area contributed by atoms with Crippen molar-refractivity contribution in [1.29, 1.82) is 0 Å². The zero-order valence-electron chi connectivity index (χ0n) is 36.5. The summed E-state index contributed by atoms with van der Waals surface area (Å²) in [6, 6.07) is -0.846. The number of carbonyl (C=O) groups excluding carboxylic acids is 1. The average molecular weight is 816 g/mol. The summed E-state index contributed by atoms with van der Waals surface area (Å²) in [6.07, 6.45) is 45.2. The van der Waals surface area contributed by atoms with Gasteiger partial charge in [-0.1, -0.05) is 170 Å². The highest BCUT2D eigenvalue weighted by Crippen LogP contribution is 2.22. The fraction of sp³-hybridized carbons (Fsp3) is 0.735. The Kier molecular flexibility index (Phi) is 35.9. The van der Waals surface area contributed by atoms with Crippen molar-refractivity contribution in [2.75, 3.05) is 13.2 Å². The van der Waals surface area contributed by atoms with Crippen LogP contribution in [0, 0.1) is 0 Å². The molecule has 0 aromatic carbocycles. The highest BCUT2D eigenvalue weighted by Gasteiger charge is 2.44. The van der Waals surface area contributed by atoms with Crippen molar-refractivity contribution >= 4 is 5.91 Å². The van der Waals surface area contributed by atoms with E-state index < -0.39 is 49.5 Å². The van der Waals surface area contributed by atoms with Gasteiger partial charge in [0.2, 0.25) is 5.91 Å². The van der Waals surface area contributed by atoms with E-state index in [1.807, 2.05) is 6.08 Å². The smallest absolute Gasteiger partial charge is 0.220 e. The van der Waals surface area contributed by atoms with Crippen LogP contribution in [-0.4, -0.2) is 87.5 Å². The summed E-state index contributed by atoms with van der Waals surface area (Å²) in [5.41, 5.74) is 0. The third-order valence-corrected chi connectivity index (χ3v) is 10.5. The van der Waals surface area contributed by atoms with Gasteiger partial charge in [-0.05, 0) is 70.6 Å². The molecule has 0 aliphatic carbocycles. The molecule has 0 saturated carbocycles. The number of unbranched alkanes of at least 4 members (excludes halogenated alkanes) is 17. The van der Waals surface area contributed by atoms with Crippen molar-refractivity contribution < 1.29 is 39.8 Å². The third-order valence-electron chi connectivity index (χ3n) is 10.5. The van der Waals surface area contributed by atoms with Gasteiger partial charge >= 0.3 is 0 Å². The highest BCUT2D eigenvalue weighted by atomic mass is 16.7. The number of ether oxygens (including phenoxy) is 2. The maximum atomic E-state index is 12.9. The topological polar surface area (TPSA) is 149 Å². The Morgan fingerprint density at radius 3 is 1.66 bits per heavy atom. The molecule has 7 unspecified atom stereocenters. The van der Waals surface area contributed by atoms with E-state index in [-0.39, 0.29) is 18.9 Å². The van der Waals surface area contributed by atoms with Crippen LogP contribution in [-0.2, 0) is 14.3 Å². The number of amides is 1. The lowest BCUT2D eigenvalue weighted by atomic mass is 9.99. The molecule has 7 atom stereocenters. The monoisotopic (exact) mass is 816 g/mol. The fourth-order valence-corrected chi connectivity index (χ4v) is 6.81. The number of aliphatic hydroxyl groups excluding tert-OH is 5. The first-order valence-electron chi connectivity index (χ1n) is 23.2. The number of hydrogen-bond donors (Lipinski definition) is 6. The second-order valence-electron chi connectivity index (χ2n) is 15.8. The second-order valence-corrected chi connectivity index (χ2v) is 15.8. The first-order valence-corrected chi connectivity index (χ1v) is 23.2. The molecule has 1 aliphatic heterocycles. The zero-order valence-corrected chi connectivity index (χ0v) is 36.5. The molecule has 9 nitrogen and oxygen atoms in total. The molecule has 334 valence electrons. The Balaban J connectivity index is 2.41. The Morgan fingerprint density at radius 1 is 0.603 bits per heavy atom. The van der Waals surface area contributed by atoms with Crippen LogP contribution in [0.1, 0.15) is 174 Å². The van der Waals surface area contributed by atoms with E-state index in [2.05, 4.69) is 79.9 Å². The van der Waals surface area contributed by atoms with Gasteiger partial charge in [0.1, 0.15) is 24.4 Å². The average Bonchev–Trinajstić information content (AvgIpc) is 3.22. The van der Waals surface area contributed by atoms with E-state index in [0.29, 0.717) is 6.42 Å². The largest absolute Gasteiger partial charge is 0.394 e. The molecule has 58 heavy (non-hydrogen) atoms. The lowest BCUT2D eigenvalue weighted by Crippen LogP contribution is -2.60. The SMILES string of the molecule is CC/C=C\C/C=C\C/C=C\C/C=C\CCCCC(=O)NC(COC1OC(CO)C(O)C(O)C1O)C(O)/C=C/CC/C=C/CCCCCCCCCCCCCCCC. The summed E-state index contributed by atoms with van der Waals surface area (Å²) in [5.74, 6) is -0.230. The van der Waals surface area contributed by atoms with Gasteiger partial charge < -0.3 is 40.3 Å². The number of aliphatic hydroxyl groups is 5. The van der Waals surface area contributed by atoms with Crippen molar-refractivity contribution in [2.45, 2.75) is 217 Å². The van der Waals surface area contributed by atoms with E-state index in [4.69, 9.17) is 9.47 Å². The molecular weight excluding hydrogens is 731 g/mol. The van der Waals surface area contributed by atoms with Crippen LogP contribution in [0.2, 0.25) is 0 Å². The van der Waals surface area contributed by atoms with Gasteiger partial charge in [0.25, 0.3) is 0 Å². The first kappa shape index (κ1) is 53.6. The van der Waals surface area contributed by atoms with Crippen molar-refractivity contribution in [2.24, 2.45) is 0 Å². The van der Waals surface area contributed by atoms with Gasteiger partial charge in [0.15, 0.2) is 6.29 Å². The summed E-state index contributed by atoms with van der Waals surface area (Å²) in [7, 11) is 0. The zero-order chi connectivity index (χ0) is 42.3. The van der Waals surface area contributed by atoms with E-state index >= 15 is 0 Å². The van der Waals surface area contributed by atoms with Crippen molar-refractivity contribution in [1.82, 2.24) is 5.32 Å². The molecule has 6 N–H and O–H groups in total. The molecule has 0 radical (unpaired) electrons. The molecule has 0 aromatic heterocycles. The summed E-state index contributed by atoms with van der Waals surface area (Å²) >= 11 is 0. The minimum Gasteiger partial charge on any atom is -0.394 e. The van der Waals surface area contributed by atoms with Gasteiger partial charge in [-0.25, -0.2) is 0 Å². The van der Waals surface area contributed by atoms with Crippen LogP contribution < -0.4 is 5.32 Å². The van der Waals surface area contributed by atoms with Crippen molar-refractivity contribution in [3.05, 3.63) is 72.9 Å². The number of hydrogen-bond acceptors (Lipinski definition) is 8. The summed E-state index contributed by atoms with van der Waals surface area (Å²) < 4.78 is 11.2. The van der Waals surface area contributed by atoms with E-state index in [0.717, 1.165) is 57.8 Å². The van der Waals surface area contributed by atoms with Gasteiger partial charge in [0.05, 0.1) is 25.4 Å². The van der Waals surface area contributed by atoms with E-state index in [9.17, 15) is 30.3 Å². The standard InChI is InChI=1S/C49H85NO8/c1-3-5-7-9-11-13-15-17-19-20-21-22-23-25-26-28-30-32-34-36-38-43(52)42(41-57-49-48(56)47(55)46(54)44(40-51)58-49)50-45(53)39-37-35-33-31-29-27-24-18-16-14-12-10-8-6-4-2/h6,8,12,14,18,24,28-31,36,38,42-44,46-49,51-52,54-56H,3-5,7,9-11,13,15-17,19-23,25-27,32-35,37,39-41H2,1-2H3,(H,50,53)/b8-6-,14-12-,24-18-,30-28+,31-29-,38-36+. The highest BCUT2D eigenvalue weighted by molar-refractivity contribution is 5.76. The number of rotatable bonds is 37. The van der Waals surface area contributed by atoms with Gasteiger partial charge in [0, 0.05) is 6.42 Å². The summed E-state index contributed by atoms with van der Waals surface area (Å²) in [6.45, 7) is 3.60. The number of carbonyl (C=O) groups is 1. The van der Waals surface area contributed by atoms with E-state index in [1.165, 1.54) is 89.9 Å². The van der Waals surface area contributed by atoms with Gasteiger partial charge in [-0.2, -0.15) is 0 Å². The maximum absolute atomic E-state index is 12.9. The van der Waals surface area contributed by atoms with Crippen LogP contribution in [0.3, 0.4) is 0 Å². The molecule has 9 heteroatoms. The molecule has 1 rings (SSSR count). The third kappa shape index (κ3) is 29.0. The van der Waals surface area contributed by atoms with Gasteiger partial charge in [-0.15, -0.1) is 0 Å². The molecule has 0 spiro atoms. The van der Waals surface area contributed by atoms with Crippen LogP contribution in [0.25, 0.3) is 0 Å². The van der Waals surface area contributed by atoms with Crippen molar-refractivity contribution in [3.8, 4) is 0 Å². The van der Waals surface area contributed by atoms with Crippen LogP contribution in [0.4, 0.5) is 0 Å². The van der Waals surface area contributed by atoms with Gasteiger partial charge in [-0.3, -0.25) is 4.79 Å². The summed E-state index contributed by atoms with van der Waals surface area (Å²) in [5, 5.41) is 54.1. The molecule has 1 fully saturated rings. The second kappa shape index (κ2) is 38.8. The Hall–Kier alpha value is -2.37. The van der Waals surface area contributed by atoms with Crippen LogP contribution in [0.5, 0.6) is 0 Å². The molecule has 1 heterocycles. The Morgan fingerprint density at radius 2 is 1.09 bits per heavy atom. The Bertz CT molecular complexity index is 1130. The molecule has 0 aromatic rings. The van der Waals surface area contributed by atoms with E-state index in [1.54, 1.807) is 6.08 Å². The molecule has 1 amide bonds. The van der Waals surface area contributed by atoms with Crippen molar-refractivity contribution in [3.63, 3.8) is 0 Å². The normalized spacial score (nSPS) is 21.5. The predicted molar refractivity (Wildman–Crippen MR) is 239 cm³/mol. The van der Waals surface area contributed by atoms with Crippen LogP contribution in [0.15, 0.2) is 72.9 Å². The molecule has 0 bridgehead atoms. The molecular formula is C49H85NO8. The quantitative estimate of drug-likeness (QED) is 0.0268. The predicted octanol–water partition coefficient (Wildman–Crippen LogP) is 9.78. The fourth-order valence-electron chi connectivity index (χ4n) is 6.81. The lowest BCUT2D eigenvalue weighted by Gasteiger charge is -2.40. The molecule has 1 aliphatic rings. The minimum absolute atomic E-state index is 0.221. The maximum Gasteiger partial charge on any atom is 0.220 e. The number of nitrogens with one attached hydrogen (secondary N) is 1. The molecule has 1 saturated heterocycles. The first-order chi connectivity index (χ1) is 28.3. The van der Waals surface area contributed by atoms with Crippen LogP contribution >= 0.6 is 0 Å². The minimum atomic E-state index is -1.58. The summed E-state index contributed by atoms with van der Waals surface area (Å²) in [4.78, 5) is 12.9. The Labute approximate surface area is 353 Å².